The van der Waals surface area contributed by atoms with E-state index in [1.807, 2.05) is 36.4 Å². The molecule has 0 aliphatic rings. The van der Waals surface area contributed by atoms with Gasteiger partial charge in [-0.2, -0.15) is 0 Å². The van der Waals surface area contributed by atoms with Crippen LogP contribution in [0.5, 0.6) is 11.5 Å². The van der Waals surface area contributed by atoms with Gasteiger partial charge in [0.25, 0.3) is 0 Å². The zero-order chi connectivity index (χ0) is 13.2. The van der Waals surface area contributed by atoms with Crippen molar-refractivity contribution in [2.45, 2.75) is 19.4 Å². The van der Waals surface area contributed by atoms with Gasteiger partial charge >= 0.3 is 0 Å². The fourth-order valence-corrected chi connectivity index (χ4v) is 1.68. The first-order valence-electron chi connectivity index (χ1n) is 5.91. The lowest BCUT2D eigenvalue weighted by Gasteiger charge is -2.18. The molecule has 2 rings (SSSR count). The summed E-state index contributed by atoms with van der Waals surface area (Å²) in [5.41, 5.74) is -0.830. The van der Waals surface area contributed by atoms with E-state index in [0.29, 0.717) is 0 Å². The molecule has 3 heteroatoms. The van der Waals surface area contributed by atoms with Crippen LogP contribution in [-0.2, 0) is 0 Å². The molecule has 0 atom stereocenters. The van der Waals surface area contributed by atoms with Crippen LogP contribution in [0.1, 0.15) is 13.8 Å². The summed E-state index contributed by atoms with van der Waals surface area (Å²) in [4.78, 5) is 0. The second-order valence-corrected chi connectivity index (χ2v) is 4.98. The van der Waals surface area contributed by atoms with Crippen molar-refractivity contribution in [3.8, 4) is 11.5 Å². The van der Waals surface area contributed by atoms with Crippen molar-refractivity contribution < 1.29 is 14.6 Å². The van der Waals surface area contributed by atoms with Gasteiger partial charge in [0.05, 0.1) is 12.7 Å². The molecule has 0 aliphatic carbocycles. The Morgan fingerprint density at radius 1 is 1.00 bits per heavy atom. The topological polar surface area (TPSA) is 38.7 Å². The Labute approximate surface area is 107 Å². The maximum absolute atomic E-state index is 9.63. The highest BCUT2D eigenvalue weighted by Crippen LogP contribution is 2.25. The maximum Gasteiger partial charge on any atom is 0.120 e. The van der Waals surface area contributed by atoms with Gasteiger partial charge in [0.1, 0.15) is 18.1 Å². The molecule has 2 aromatic carbocycles. The average Bonchev–Trinajstić information content (AvgIpc) is 2.34. The molecule has 3 nitrogen and oxygen atoms in total. The van der Waals surface area contributed by atoms with Gasteiger partial charge < -0.3 is 14.6 Å². The summed E-state index contributed by atoms with van der Waals surface area (Å²) in [6, 6.07) is 11.7. The largest absolute Gasteiger partial charge is 0.497 e. The van der Waals surface area contributed by atoms with Crippen molar-refractivity contribution in [2.24, 2.45) is 0 Å². The summed E-state index contributed by atoms with van der Waals surface area (Å²) in [6.07, 6.45) is 0. The predicted octanol–water partition coefficient (Wildman–Crippen LogP) is 3.00. The van der Waals surface area contributed by atoms with Crippen LogP contribution in [0.2, 0.25) is 0 Å². The minimum Gasteiger partial charge on any atom is -0.497 e. The second-order valence-electron chi connectivity index (χ2n) is 4.98. The van der Waals surface area contributed by atoms with Gasteiger partial charge in [0.2, 0.25) is 0 Å². The lowest BCUT2D eigenvalue weighted by Crippen LogP contribution is -2.27. The van der Waals surface area contributed by atoms with Crippen molar-refractivity contribution >= 4 is 10.8 Å². The number of methoxy groups -OCH3 is 1. The van der Waals surface area contributed by atoms with Crippen LogP contribution < -0.4 is 9.47 Å². The van der Waals surface area contributed by atoms with Gasteiger partial charge in [-0.25, -0.2) is 0 Å². The highest BCUT2D eigenvalue weighted by Gasteiger charge is 2.13. The van der Waals surface area contributed by atoms with E-state index in [9.17, 15) is 5.11 Å². The van der Waals surface area contributed by atoms with E-state index in [0.717, 1.165) is 22.3 Å². The number of rotatable bonds is 4. The summed E-state index contributed by atoms with van der Waals surface area (Å²) in [5, 5.41) is 11.8. The van der Waals surface area contributed by atoms with E-state index < -0.39 is 5.60 Å². The molecular weight excluding hydrogens is 228 g/mol. The van der Waals surface area contributed by atoms with Gasteiger partial charge in [-0.1, -0.05) is 12.1 Å². The number of benzene rings is 2. The van der Waals surface area contributed by atoms with E-state index >= 15 is 0 Å². The average molecular weight is 246 g/mol. The molecule has 0 fully saturated rings. The van der Waals surface area contributed by atoms with E-state index in [4.69, 9.17) is 9.47 Å². The van der Waals surface area contributed by atoms with Gasteiger partial charge in [-0.15, -0.1) is 0 Å². The van der Waals surface area contributed by atoms with Gasteiger partial charge in [0, 0.05) is 0 Å². The number of fused-ring (bicyclic) bond motifs is 1. The fourth-order valence-electron chi connectivity index (χ4n) is 1.68. The van der Waals surface area contributed by atoms with Crippen LogP contribution in [0.4, 0.5) is 0 Å². The van der Waals surface area contributed by atoms with E-state index in [1.54, 1.807) is 21.0 Å². The summed E-state index contributed by atoms with van der Waals surface area (Å²) in [5.74, 6) is 1.57. The lowest BCUT2D eigenvalue weighted by atomic mass is 10.1. The Morgan fingerprint density at radius 2 is 1.61 bits per heavy atom. The number of hydrogen-bond acceptors (Lipinski definition) is 3. The zero-order valence-electron chi connectivity index (χ0n) is 10.9. The molecule has 0 unspecified atom stereocenters. The Balaban J connectivity index is 2.25. The quantitative estimate of drug-likeness (QED) is 0.901. The normalized spacial score (nSPS) is 11.6. The van der Waals surface area contributed by atoms with Crippen molar-refractivity contribution in [2.75, 3.05) is 13.7 Å². The molecule has 1 N–H and O–H groups in total. The van der Waals surface area contributed by atoms with Gasteiger partial charge in [-0.3, -0.25) is 0 Å². The first-order chi connectivity index (χ1) is 8.48. The Bertz CT molecular complexity index is 541. The third-order valence-corrected chi connectivity index (χ3v) is 2.61. The minimum absolute atomic E-state index is 0.266. The SMILES string of the molecule is COc1ccc2ccc(OCC(C)(C)O)cc2c1. The van der Waals surface area contributed by atoms with Crippen LogP contribution in [0.3, 0.4) is 0 Å². The highest BCUT2D eigenvalue weighted by molar-refractivity contribution is 5.85. The number of hydrogen-bond donors (Lipinski definition) is 1. The molecule has 0 aliphatic heterocycles. The number of aliphatic hydroxyl groups is 1. The molecule has 0 spiro atoms. The smallest absolute Gasteiger partial charge is 0.120 e. The Morgan fingerprint density at radius 3 is 2.22 bits per heavy atom. The minimum atomic E-state index is -0.830. The van der Waals surface area contributed by atoms with Gasteiger partial charge in [0.15, 0.2) is 0 Å². The van der Waals surface area contributed by atoms with Crippen molar-refractivity contribution in [1.29, 1.82) is 0 Å². The molecule has 0 amide bonds. The van der Waals surface area contributed by atoms with Crippen LogP contribution in [0.15, 0.2) is 36.4 Å². The summed E-state index contributed by atoms with van der Waals surface area (Å²) in [6.45, 7) is 3.70. The highest BCUT2D eigenvalue weighted by atomic mass is 16.5. The Kier molecular flexibility index (Phi) is 3.43. The molecule has 96 valence electrons. The third-order valence-electron chi connectivity index (χ3n) is 2.61. The van der Waals surface area contributed by atoms with Crippen molar-refractivity contribution in [1.82, 2.24) is 0 Å². The summed E-state index contributed by atoms with van der Waals surface area (Å²) >= 11 is 0. The molecular formula is C15H18O3. The van der Waals surface area contributed by atoms with Crippen LogP contribution in [0, 0.1) is 0 Å². The zero-order valence-corrected chi connectivity index (χ0v) is 10.9. The lowest BCUT2D eigenvalue weighted by molar-refractivity contribution is 0.0285. The standard InChI is InChI=1S/C15H18O3/c1-15(2,16)10-18-14-7-5-11-4-6-13(17-3)8-12(11)9-14/h4-9,16H,10H2,1-3H3. The first kappa shape index (κ1) is 12.7. The number of ether oxygens (including phenoxy) is 2. The molecule has 18 heavy (non-hydrogen) atoms. The van der Waals surface area contributed by atoms with E-state index in [2.05, 4.69) is 0 Å². The van der Waals surface area contributed by atoms with Crippen molar-refractivity contribution in [3.05, 3.63) is 36.4 Å². The third kappa shape index (κ3) is 3.14. The Hall–Kier alpha value is -1.74. The van der Waals surface area contributed by atoms with E-state index in [-0.39, 0.29) is 6.61 Å². The molecule has 0 saturated heterocycles. The molecule has 0 aromatic heterocycles. The fraction of sp³-hybridized carbons (Fsp3) is 0.333. The van der Waals surface area contributed by atoms with E-state index in [1.165, 1.54) is 0 Å². The van der Waals surface area contributed by atoms with Crippen LogP contribution in [-0.4, -0.2) is 24.4 Å². The molecule has 0 bridgehead atoms. The molecule has 0 saturated carbocycles. The molecule has 0 radical (unpaired) electrons. The molecule has 0 heterocycles. The predicted molar refractivity (Wildman–Crippen MR) is 72.3 cm³/mol. The maximum atomic E-state index is 9.63. The second kappa shape index (κ2) is 4.86. The summed E-state index contributed by atoms with van der Waals surface area (Å²) < 4.78 is 10.8. The van der Waals surface area contributed by atoms with Gasteiger partial charge in [-0.05, 0) is 48.9 Å². The monoisotopic (exact) mass is 246 g/mol. The summed E-state index contributed by atoms with van der Waals surface area (Å²) in [7, 11) is 1.65. The van der Waals surface area contributed by atoms with Crippen LogP contribution >= 0.6 is 0 Å². The van der Waals surface area contributed by atoms with Crippen molar-refractivity contribution in [3.63, 3.8) is 0 Å². The first-order valence-corrected chi connectivity index (χ1v) is 5.91. The van der Waals surface area contributed by atoms with Crippen LogP contribution in [0.25, 0.3) is 10.8 Å². The molecule has 2 aromatic rings.